The van der Waals surface area contributed by atoms with Gasteiger partial charge in [0.1, 0.15) is 6.29 Å². The molecule has 0 saturated carbocycles. The van der Waals surface area contributed by atoms with Gasteiger partial charge in [0.2, 0.25) is 5.91 Å². The molecule has 1 rings (SSSR count). The van der Waals surface area contributed by atoms with E-state index in [1.54, 1.807) is 5.01 Å². The smallest absolute Gasteiger partial charge is 0.231 e. The lowest BCUT2D eigenvalue weighted by Gasteiger charge is -2.31. The van der Waals surface area contributed by atoms with E-state index in [4.69, 9.17) is 0 Å². The molecule has 0 spiro atoms. The minimum absolute atomic E-state index is 0.108. The Labute approximate surface area is 71.9 Å². The van der Waals surface area contributed by atoms with Gasteiger partial charge >= 0.3 is 0 Å². The van der Waals surface area contributed by atoms with Crippen LogP contribution >= 0.6 is 0 Å². The van der Waals surface area contributed by atoms with Crippen molar-refractivity contribution in [1.82, 2.24) is 10.4 Å². The van der Waals surface area contributed by atoms with Crippen molar-refractivity contribution in [3.63, 3.8) is 0 Å². The van der Waals surface area contributed by atoms with Crippen molar-refractivity contribution in [2.45, 2.75) is 32.2 Å². The lowest BCUT2D eigenvalue weighted by molar-refractivity contribution is -0.127. The van der Waals surface area contributed by atoms with Crippen molar-refractivity contribution in [3.05, 3.63) is 0 Å². The fourth-order valence-electron chi connectivity index (χ4n) is 1.44. The number of carbonyl (C=O) groups is 2. The number of rotatable bonds is 2. The summed E-state index contributed by atoms with van der Waals surface area (Å²) in [5.41, 5.74) is 2.65. The number of aldehydes is 1. The molecule has 1 fully saturated rings. The zero-order chi connectivity index (χ0) is 8.97. The quantitative estimate of drug-likeness (QED) is 0.597. The maximum absolute atomic E-state index is 10.7. The van der Waals surface area contributed by atoms with E-state index in [2.05, 4.69) is 5.43 Å². The van der Waals surface area contributed by atoms with Crippen molar-refractivity contribution in [1.29, 1.82) is 0 Å². The van der Waals surface area contributed by atoms with Crippen molar-refractivity contribution >= 4 is 12.2 Å². The summed E-state index contributed by atoms with van der Waals surface area (Å²) in [6.45, 7) is 2.24. The molecule has 1 atom stereocenters. The van der Waals surface area contributed by atoms with Gasteiger partial charge < -0.3 is 4.79 Å². The Hall–Kier alpha value is -0.900. The van der Waals surface area contributed by atoms with Crippen molar-refractivity contribution in [3.8, 4) is 0 Å². The first-order valence-corrected chi connectivity index (χ1v) is 4.23. The van der Waals surface area contributed by atoms with Crippen LogP contribution in [0.1, 0.15) is 26.2 Å². The van der Waals surface area contributed by atoms with Gasteiger partial charge in [-0.15, -0.1) is 0 Å². The highest BCUT2D eigenvalue weighted by atomic mass is 16.2. The standard InChI is InChI=1S/C8H14N2O2/c1-7(12)9-10-5-3-2-4-8(10)6-11/h6,8H,2-5H2,1H3,(H,9,12). The number of hydrazine groups is 1. The Bertz CT molecular complexity index is 182. The third-order valence-corrected chi connectivity index (χ3v) is 2.01. The summed E-state index contributed by atoms with van der Waals surface area (Å²) in [4.78, 5) is 21.3. The highest BCUT2D eigenvalue weighted by Crippen LogP contribution is 2.12. The van der Waals surface area contributed by atoms with Crippen LogP contribution in [0.2, 0.25) is 0 Å². The molecule has 68 valence electrons. The van der Waals surface area contributed by atoms with Gasteiger partial charge in [0, 0.05) is 13.5 Å². The second-order valence-electron chi connectivity index (χ2n) is 3.06. The van der Waals surface area contributed by atoms with E-state index in [0.717, 1.165) is 32.1 Å². The van der Waals surface area contributed by atoms with Gasteiger partial charge in [-0.25, -0.2) is 5.01 Å². The molecule has 1 saturated heterocycles. The van der Waals surface area contributed by atoms with Crippen LogP contribution in [0.25, 0.3) is 0 Å². The summed E-state index contributed by atoms with van der Waals surface area (Å²) in [6.07, 6.45) is 3.86. The number of piperidine rings is 1. The first-order valence-electron chi connectivity index (χ1n) is 4.23. The number of hydrogen-bond acceptors (Lipinski definition) is 3. The second kappa shape index (κ2) is 4.21. The maximum Gasteiger partial charge on any atom is 0.231 e. The molecule has 4 nitrogen and oxygen atoms in total. The van der Waals surface area contributed by atoms with E-state index in [0.29, 0.717) is 0 Å². The number of nitrogens with zero attached hydrogens (tertiary/aromatic N) is 1. The monoisotopic (exact) mass is 170 g/mol. The summed E-state index contributed by atoms with van der Waals surface area (Å²) < 4.78 is 0. The van der Waals surface area contributed by atoms with Crippen LogP contribution in [-0.4, -0.2) is 29.8 Å². The third-order valence-electron chi connectivity index (χ3n) is 2.01. The molecule has 1 aliphatic rings. The first-order chi connectivity index (χ1) is 5.74. The molecule has 0 bridgehead atoms. The molecule has 4 heteroatoms. The summed E-state index contributed by atoms with van der Waals surface area (Å²) >= 11 is 0. The molecule has 1 amide bonds. The Morgan fingerprint density at radius 1 is 1.58 bits per heavy atom. The van der Waals surface area contributed by atoms with E-state index in [-0.39, 0.29) is 11.9 Å². The molecule has 1 unspecified atom stereocenters. The third kappa shape index (κ3) is 2.30. The minimum Gasteiger partial charge on any atom is -0.302 e. The van der Waals surface area contributed by atoms with Gasteiger partial charge in [-0.05, 0) is 12.8 Å². The molecule has 0 radical (unpaired) electrons. The average Bonchev–Trinajstić information content (AvgIpc) is 2.04. The summed E-state index contributed by atoms with van der Waals surface area (Å²) in [5, 5.41) is 1.72. The molecule has 1 aliphatic heterocycles. The van der Waals surface area contributed by atoms with Crippen LogP contribution in [-0.2, 0) is 9.59 Å². The van der Waals surface area contributed by atoms with Crippen LogP contribution in [0.5, 0.6) is 0 Å². The average molecular weight is 170 g/mol. The minimum atomic E-state index is -0.123. The maximum atomic E-state index is 10.7. The topological polar surface area (TPSA) is 49.4 Å². The van der Waals surface area contributed by atoms with Crippen molar-refractivity contribution < 1.29 is 9.59 Å². The lowest BCUT2D eigenvalue weighted by atomic mass is 10.1. The fraction of sp³-hybridized carbons (Fsp3) is 0.750. The largest absolute Gasteiger partial charge is 0.302 e. The van der Waals surface area contributed by atoms with E-state index >= 15 is 0 Å². The molecule has 1 N–H and O–H groups in total. The van der Waals surface area contributed by atoms with Gasteiger partial charge in [-0.3, -0.25) is 10.2 Å². The van der Waals surface area contributed by atoms with Gasteiger partial charge in [0.25, 0.3) is 0 Å². The normalized spacial score (nSPS) is 24.9. The zero-order valence-electron chi connectivity index (χ0n) is 7.25. The van der Waals surface area contributed by atoms with Crippen LogP contribution < -0.4 is 5.43 Å². The van der Waals surface area contributed by atoms with E-state index < -0.39 is 0 Å². The Balaban J connectivity index is 2.46. The van der Waals surface area contributed by atoms with Crippen LogP contribution in [0.3, 0.4) is 0 Å². The van der Waals surface area contributed by atoms with Crippen molar-refractivity contribution in [2.24, 2.45) is 0 Å². The molecular weight excluding hydrogens is 156 g/mol. The number of amides is 1. The predicted molar refractivity (Wildman–Crippen MR) is 44.2 cm³/mol. The summed E-state index contributed by atoms with van der Waals surface area (Å²) in [6, 6.07) is -0.123. The fourth-order valence-corrected chi connectivity index (χ4v) is 1.44. The highest BCUT2D eigenvalue weighted by Gasteiger charge is 2.21. The van der Waals surface area contributed by atoms with Gasteiger partial charge in [0.05, 0.1) is 6.04 Å². The molecular formula is C8H14N2O2. The van der Waals surface area contributed by atoms with Crippen LogP contribution in [0, 0.1) is 0 Å². The lowest BCUT2D eigenvalue weighted by Crippen LogP contribution is -2.50. The van der Waals surface area contributed by atoms with Gasteiger partial charge in [0.15, 0.2) is 0 Å². The molecule has 0 aromatic rings. The molecule has 1 heterocycles. The SMILES string of the molecule is CC(=O)NN1CCCCC1C=O. The molecule has 0 aliphatic carbocycles. The molecule has 0 aromatic heterocycles. The summed E-state index contributed by atoms with van der Waals surface area (Å²) in [7, 11) is 0. The summed E-state index contributed by atoms with van der Waals surface area (Å²) in [5.74, 6) is -0.108. The highest BCUT2D eigenvalue weighted by molar-refractivity contribution is 5.72. The first kappa shape index (κ1) is 9.19. The van der Waals surface area contributed by atoms with E-state index in [1.165, 1.54) is 6.92 Å². The zero-order valence-corrected chi connectivity index (χ0v) is 7.25. The number of nitrogens with one attached hydrogen (secondary N) is 1. The number of carbonyl (C=O) groups excluding carboxylic acids is 2. The predicted octanol–water partition coefficient (Wildman–Crippen LogP) is 0.0909. The van der Waals surface area contributed by atoms with Gasteiger partial charge in [-0.2, -0.15) is 0 Å². The van der Waals surface area contributed by atoms with Gasteiger partial charge in [-0.1, -0.05) is 6.42 Å². The van der Waals surface area contributed by atoms with E-state index in [1.807, 2.05) is 0 Å². The number of hydrogen-bond donors (Lipinski definition) is 1. The van der Waals surface area contributed by atoms with E-state index in [9.17, 15) is 9.59 Å². The van der Waals surface area contributed by atoms with Crippen LogP contribution in [0.15, 0.2) is 0 Å². The Morgan fingerprint density at radius 2 is 2.33 bits per heavy atom. The van der Waals surface area contributed by atoms with Crippen LogP contribution in [0.4, 0.5) is 0 Å². The Kier molecular flexibility index (Phi) is 3.22. The molecule has 12 heavy (non-hydrogen) atoms. The second-order valence-corrected chi connectivity index (χ2v) is 3.06. The Morgan fingerprint density at radius 3 is 2.92 bits per heavy atom. The molecule has 0 aromatic carbocycles. The van der Waals surface area contributed by atoms with Crippen molar-refractivity contribution in [2.75, 3.05) is 6.54 Å².